The normalized spacial score (nSPS) is 29.7. The second kappa shape index (κ2) is 9.26. The third kappa shape index (κ3) is 3.94. The summed E-state index contributed by atoms with van der Waals surface area (Å²) in [5.74, 6) is 0.841. The summed E-state index contributed by atoms with van der Waals surface area (Å²) in [6, 6.07) is 7.41. The molecule has 6 nitrogen and oxygen atoms in total. The predicted molar refractivity (Wildman–Crippen MR) is 119 cm³/mol. The van der Waals surface area contributed by atoms with Gasteiger partial charge in [0.15, 0.2) is 11.5 Å². The molecule has 3 heterocycles. The first-order valence-electron chi connectivity index (χ1n) is 12.3. The van der Waals surface area contributed by atoms with Crippen LogP contribution in [0, 0.1) is 5.92 Å². The zero-order valence-corrected chi connectivity index (χ0v) is 18.9. The van der Waals surface area contributed by atoms with Gasteiger partial charge in [0, 0.05) is 13.2 Å². The monoisotopic (exact) mass is 439 g/mol. The summed E-state index contributed by atoms with van der Waals surface area (Å²) in [5.41, 5.74) is 1.45. The van der Waals surface area contributed by atoms with Crippen LogP contribution < -0.4 is 4.74 Å². The molecular weight excluding hydrogens is 406 g/mol. The van der Waals surface area contributed by atoms with Gasteiger partial charge in [0.25, 0.3) is 5.91 Å². The summed E-state index contributed by atoms with van der Waals surface area (Å²) in [4.78, 5) is 29.0. The molecule has 0 radical (unpaired) electrons. The lowest BCUT2D eigenvalue weighted by Crippen LogP contribution is -2.39. The summed E-state index contributed by atoms with van der Waals surface area (Å²) in [5, 5.41) is 0. The summed E-state index contributed by atoms with van der Waals surface area (Å²) in [6.07, 6.45) is 7.61. The molecule has 172 valence electrons. The third-order valence-electron chi connectivity index (χ3n) is 7.22. The van der Waals surface area contributed by atoms with Crippen molar-refractivity contribution in [2.45, 2.75) is 76.5 Å². The lowest BCUT2D eigenvalue weighted by molar-refractivity contribution is -0.136. The van der Waals surface area contributed by atoms with Crippen LogP contribution in [-0.4, -0.2) is 48.6 Å². The Labute approximate surface area is 189 Å². The molecule has 6 heteroatoms. The molecular formula is C26H33NO5. The van der Waals surface area contributed by atoms with E-state index in [-0.39, 0.29) is 35.6 Å². The van der Waals surface area contributed by atoms with Crippen LogP contribution in [0.1, 0.15) is 69.9 Å². The van der Waals surface area contributed by atoms with Gasteiger partial charge in [-0.05, 0) is 56.2 Å². The number of carbonyl (C=O) groups excluding carboxylic acids is 2. The van der Waals surface area contributed by atoms with Gasteiger partial charge in [0.05, 0.1) is 30.2 Å². The Morgan fingerprint density at radius 2 is 2.00 bits per heavy atom. The Bertz CT molecular complexity index is 903. The van der Waals surface area contributed by atoms with Crippen LogP contribution >= 0.6 is 0 Å². The van der Waals surface area contributed by atoms with Gasteiger partial charge < -0.3 is 19.1 Å². The minimum Gasteiger partial charge on any atom is -0.494 e. The van der Waals surface area contributed by atoms with E-state index in [9.17, 15) is 9.59 Å². The van der Waals surface area contributed by atoms with Crippen LogP contribution in [0.4, 0.5) is 0 Å². The molecule has 1 aliphatic carbocycles. The molecule has 0 bridgehead atoms. The van der Waals surface area contributed by atoms with E-state index in [2.05, 4.69) is 6.92 Å². The summed E-state index contributed by atoms with van der Waals surface area (Å²) in [7, 11) is 0. The smallest absolute Gasteiger partial charge is 0.290 e. The highest BCUT2D eigenvalue weighted by Crippen LogP contribution is 2.47. The molecule has 3 aliphatic heterocycles. The number of rotatable bonds is 7. The van der Waals surface area contributed by atoms with Gasteiger partial charge in [-0.15, -0.1) is 0 Å². The molecule has 1 saturated carbocycles. The molecule has 1 aromatic rings. The van der Waals surface area contributed by atoms with E-state index in [1.807, 2.05) is 24.3 Å². The molecule has 1 amide bonds. The van der Waals surface area contributed by atoms with E-state index in [1.54, 1.807) is 4.90 Å². The quantitative estimate of drug-likeness (QED) is 0.592. The van der Waals surface area contributed by atoms with Crippen LogP contribution in [0.25, 0.3) is 0 Å². The number of ether oxygens (including phenoxy) is 3. The Hall–Kier alpha value is -2.34. The van der Waals surface area contributed by atoms with Crippen LogP contribution in [0.5, 0.6) is 5.75 Å². The number of amides is 1. The minimum atomic E-state index is -0.438. The number of ketones is 1. The van der Waals surface area contributed by atoms with E-state index in [0.29, 0.717) is 18.7 Å². The van der Waals surface area contributed by atoms with Crippen molar-refractivity contribution in [3.8, 4) is 5.75 Å². The first kappa shape index (κ1) is 21.5. The van der Waals surface area contributed by atoms with E-state index in [4.69, 9.17) is 14.2 Å². The van der Waals surface area contributed by atoms with Gasteiger partial charge in [-0.1, -0.05) is 31.9 Å². The number of unbranched alkanes of at least 4 members (excludes halogenated alkanes) is 1. The van der Waals surface area contributed by atoms with Gasteiger partial charge in [-0.3, -0.25) is 9.59 Å². The first-order valence-corrected chi connectivity index (χ1v) is 12.3. The molecule has 1 aromatic carbocycles. The summed E-state index contributed by atoms with van der Waals surface area (Å²) < 4.78 is 18.0. The van der Waals surface area contributed by atoms with Crippen molar-refractivity contribution in [3.63, 3.8) is 0 Å². The number of hydrogen-bond acceptors (Lipinski definition) is 5. The second-order valence-electron chi connectivity index (χ2n) is 9.42. The van der Waals surface area contributed by atoms with Gasteiger partial charge in [0.1, 0.15) is 11.9 Å². The fraction of sp³-hybridized carbons (Fsp3) is 0.615. The van der Waals surface area contributed by atoms with Crippen molar-refractivity contribution in [1.29, 1.82) is 0 Å². The van der Waals surface area contributed by atoms with E-state index in [0.717, 1.165) is 69.3 Å². The highest BCUT2D eigenvalue weighted by molar-refractivity contribution is 6.11. The molecule has 4 unspecified atom stereocenters. The van der Waals surface area contributed by atoms with E-state index >= 15 is 0 Å². The Morgan fingerprint density at radius 1 is 1.12 bits per heavy atom. The van der Waals surface area contributed by atoms with E-state index < -0.39 is 6.04 Å². The Kier molecular flexibility index (Phi) is 6.22. The number of fused-ring (bicyclic) bond motifs is 1. The third-order valence-corrected chi connectivity index (χ3v) is 7.22. The van der Waals surface area contributed by atoms with Crippen LogP contribution in [-0.2, 0) is 19.1 Å². The molecule has 4 atom stereocenters. The topological polar surface area (TPSA) is 65.1 Å². The van der Waals surface area contributed by atoms with Crippen molar-refractivity contribution < 1.29 is 23.8 Å². The maximum absolute atomic E-state index is 13.7. The SMILES string of the molecule is CCCCOc1cccc(C2C3=C(OC4CCCCC4C3=O)C(=O)N2CC2CCCO2)c1. The molecule has 5 rings (SSSR count). The lowest BCUT2D eigenvalue weighted by Gasteiger charge is -2.35. The first-order chi connectivity index (χ1) is 15.7. The fourth-order valence-electron chi connectivity index (χ4n) is 5.54. The number of nitrogens with zero attached hydrogens (tertiary/aromatic N) is 1. The molecule has 2 fully saturated rings. The maximum atomic E-state index is 13.7. The highest BCUT2D eigenvalue weighted by atomic mass is 16.5. The minimum absolute atomic E-state index is 0.00386. The molecule has 0 spiro atoms. The van der Waals surface area contributed by atoms with Crippen molar-refractivity contribution in [3.05, 3.63) is 41.2 Å². The van der Waals surface area contributed by atoms with Crippen LogP contribution in [0.15, 0.2) is 35.6 Å². The number of Topliss-reactive ketones (excluding diaryl/α,β-unsaturated/α-hetero) is 1. The van der Waals surface area contributed by atoms with Crippen molar-refractivity contribution in [2.24, 2.45) is 5.92 Å². The average Bonchev–Trinajstić information content (AvgIpc) is 3.42. The zero-order chi connectivity index (χ0) is 22.1. The Balaban J connectivity index is 1.50. The van der Waals surface area contributed by atoms with Crippen molar-refractivity contribution in [2.75, 3.05) is 19.8 Å². The van der Waals surface area contributed by atoms with Gasteiger partial charge >= 0.3 is 0 Å². The van der Waals surface area contributed by atoms with Gasteiger partial charge in [-0.2, -0.15) is 0 Å². The molecule has 32 heavy (non-hydrogen) atoms. The number of benzene rings is 1. The summed E-state index contributed by atoms with van der Waals surface area (Å²) >= 11 is 0. The maximum Gasteiger partial charge on any atom is 0.290 e. The molecule has 0 N–H and O–H groups in total. The summed E-state index contributed by atoms with van der Waals surface area (Å²) in [6.45, 7) is 3.99. The van der Waals surface area contributed by atoms with Gasteiger partial charge in [0.2, 0.25) is 0 Å². The molecule has 0 aromatic heterocycles. The van der Waals surface area contributed by atoms with E-state index in [1.165, 1.54) is 0 Å². The average molecular weight is 440 g/mol. The molecule has 4 aliphatic rings. The lowest BCUT2D eigenvalue weighted by atomic mass is 9.77. The van der Waals surface area contributed by atoms with Crippen LogP contribution in [0.2, 0.25) is 0 Å². The highest BCUT2D eigenvalue weighted by Gasteiger charge is 2.52. The standard InChI is InChI=1S/C26H33NO5/c1-2-3-13-30-18-9-6-8-17(15-18)23-22-24(28)20-11-4-5-12-21(20)32-25(22)26(29)27(23)16-19-10-7-14-31-19/h6,8-9,15,19-21,23H,2-5,7,10-14,16H2,1H3. The van der Waals surface area contributed by atoms with Gasteiger partial charge in [-0.25, -0.2) is 0 Å². The Morgan fingerprint density at radius 3 is 2.81 bits per heavy atom. The largest absolute Gasteiger partial charge is 0.494 e. The van der Waals surface area contributed by atoms with Crippen molar-refractivity contribution in [1.82, 2.24) is 4.90 Å². The fourth-order valence-corrected chi connectivity index (χ4v) is 5.54. The number of hydrogen-bond donors (Lipinski definition) is 0. The second-order valence-corrected chi connectivity index (χ2v) is 9.42. The number of carbonyl (C=O) groups is 2. The van der Waals surface area contributed by atoms with Crippen molar-refractivity contribution >= 4 is 11.7 Å². The predicted octanol–water partition coefficient (Wildman–Crippen LogP) is 4.34. The zero-order valence-electron chi connectivity index (χ0n) is 18.9. The molecule has 1 saturated heterocycles. The van der Waals surface area contributed by atoms with Crippen LogP contribution in [0.3, 0.4) is 0 Å².